The minimum Gasteiger partial charge on any atom is -0.610 e. The van der Waals surface area contributed by atoms with E-state index in [0.29, 0.717) is 0 Å². The Morgan fingerprint density at radius 2 is 1.75 bits per heavy atom. The second-order valence-corrected chi connectivity index (χ2v) is 2.82. The molecule has 0 saturated carbocycles. The van der Waals surface area contributed by atoms with Crippen LogP contribution in [0, 0.1) is 0 Å². The van der Waals surface area contributed by atoms with Crippen LogP contribution in [-0.2, 0) is 18.6 Å². The van der Waals surface area contributed by atoms with Crippen molar-refractivity contribution in [3.8, 4) is 0 Å². The van der Waals surface area contributed by atoms with Gasteiger partial charge in [-0.25, -0.2) is 0 Å². The van der Waals surface area contributed by atoms with Gasteiger partial charge in [0, 0.05) is 30.1 Å². The van der Waals surface area contributed by atoms with Gasteiger partial charge in [0.1, 0.15) is 0 Å². The molecule has 0 spiro atoms. The van der Waals surface area contributed by atoms with Gasteiger partial charge >= 0.3 is 0 Å². The number of nitrogens with one attached hydrogen (secondary N) is 1. The number of hydrogen-bond donors (Lipinski definition) is 0. The molecular formula is C4H9N2SV-. The van der Waals surface area contributed by atoms with Gasteiger partial charge in [-0.1, -0.05) is 0 Å². The summed E-state index contributed by atoms with van der Waals surface area (Å²) in [5.74, 6) is 9.38. The number of thioether (sulfide) groups is 1. The van der Waals surface area contributed by atoms with E-state index in [1.165, 1.54) is 0 Å². The summed E-state index contributed by atoms with van der Waals surface area (Å²) in [6, 6.07) is 0. The first-order chi connectivity index (χ1) is 3.39. The van der Waals surface area contributed by atoms with E-state index in [0.717, 1.165) is 24.6 Å². The Bertz CT molecular complexity index is 56.0. The van der Waals surface area contributed by atoms with Crippen molar-refractivity contribution < 1.29 is 18.6 Å². The summed E-state index contributed by atoms with van der Waals surface area (Å²) in [6.45, 7) is 1.90. The smallest absolute Gasteiger partial charge is 0.00466 e. The Balaban J connectivity index is 0.000000490. The number of hydrogen-bond acceptors (Lipinski definition) is 2. The van der Waals surface area contributed by atoms with E-state index in [1.54, 1.807) is 5.01 Å². The van der Waals surface area contributed by atoms with E-state index in [1.807, 2.05) is 11.8 Å². The molecule has 1 N–H and O–H groups in total. The number of nitrogens with zero attached hydrogens (tertiary/aromatic N) is 1. The van der Waals surface area contributed by atoms with Crippen LogP contribution in [0.2, 0.25) is 0 Å². The van der Waals surface area contributed by atoms with Crippen molar-refractivity contribution in [2.24, 2.45) is 0 Å². The first-order valence-corrected chi connectivity index (χ1v) is 3.59. The maximum atomic E-state index is 7.09. The molecule has 0 bridgehead atoms. The first kappa shape index (κ1) is 8.85. The minimum absolute atomic E-state index is 0. The SMILES string of the molecule is [NH-]N1CCSCC1.[V]. The maximum absolute atomic E-state index is 7.09. The summed E-state index contributed by atoms with van der Waals surface area (Å²) in [5, 5.41) is 1.62. The van der Waals surface area contributed by atoms with Gasteiger partial charge in [-0.2, -0.15) is 11.8 Å². The molecule has 1 heterocycles. The molecule has 0 aliphatic carbocycles. The van der Waals surface area contributed by atoms with Gasteiger partial charge in [0.2, 0.25) is 0 Å². The van der Waals surface area contributed by atoms with Crippen molar-refractivity contribution in [3.05, 3.63) is 5.84 Å². The second-order valence-electron chi connectivity index (χ2n) is 1.60. The summed E-state index contributed by atoms with van der Waals surface area (Å²) in [4.78, 5) is 0. The van der Waals surface area contributed by atoms with Crippen LogP contribution in [0.25, 0.3) is 5.84 Å². The molecule has 8 heavy (non-hydrogen) atoms. The zero-order valence-electron chi connectivity index (χ0n) is 4.63. The molecule has 1 saturated heterocycles. The summed E-state index contributed by atoms with van der Waals surface area (Å²) in [7, 11) is 0. The van der Waals surface area contributed by atoms with Crippen molar-refractivity contribution in [1.29, 1.82) is 0 Å². The van der Waals surface area contributed by atoms with Gasteiger partial charge in [-0.05, 0) is 13.1 Å². The summed E-state index contributed by atoms with van der Waals surface area (Å²) < 4.78 is 0. The van der Waals surface area contributed by atoms with Crippen LogP contribution in [0.1, 0.15) is 0 Å². The van der Waals surface area contributed by atoms with Crippen LogP contribution < -0.4 is 0 Å². The normalized spacial score (nSPS) is 22.1. The van der Waals surface area contributed by atoms with E-state index in [9.17, 15) is 0 Å². The first-order valence-electron chi connectivity index (χ1n) is 2.43. The Morgan fingerprint density at radius 1 is 1.25 bits per heavy atom. The summed E-state index contributed by atoms with van der Waals surface area (Å²) in [5.41, 5.74) is 0. The standard InChI is InChI=1S/C4H9N2S.V/c5-6-1-3-7-4-2-6;/h5H,1-4H2;/q-1;. The molecule has 0 atom stereocenters. The largest absolute Gasteiger partial charge is 0.610 e. The van der Waals surface area contributed by atoms with E-state index in [-0.39, 0.29) is 18.6 Å². The molecule has 2 nitrogen and oxygen atoms in total. The van der Waals surface area contributed by atoms with Crippen LogP contribution in [-0.4, -0.2) is 29.6 Å². The van der Waals surface area contributed by atoms with Crippen LogP contribution in [0.3, 0.4) is 0 Å². The zero-order chi connectivity index (χ0) is 5.11. The molecule has 0 aromatic rings. The van der Waals surface area contributed by atoms with E-state index in [4.69, 9.17) is 5.84 Å². The molecule has 1 rings (SSSR count). The minimum atomic E-state index is 0. The molecule has 1 aliphatic heterocycles. The summed E-state index contributed by atoms with van der Waals surface area (Å²) >= 11 is 1.94. The fourth-order valence-corrected chi connectivity index (χ4v) is 1.47. The average molecular weight is 168 g/mol. The average Bonchev–Trinajstić information content (AvgIpc) is 1.69. The van der Waals surface area contributed by atoms with Crippen LogP contribution in [0.15, 0.2) is 0 Å². The Kier molecular flexibility index (Phi) is 5.21. The molecule has 0 amide bonds. The molecule has 0 unspecified atom stereocenters. The Hall–Kier alpha value is 0.854. The van der Waals surface area contributed by atoms with E-state index < -0.39 is 0 Å². The second kappa shape index (κ2) is 4.71. The van der Waals surface area contributed by atoms with E-state index in [2.05, 4.69) is 0 Å². The quantitative estimate of drug-likeness (QED) is 0.539. The van der Waals surface area contributed by atoms with Crippen molar-refractivity contribution in [2.45, 2.75) is 0 Å². The van der Waals surface area contributed by atoms with E-state index >= 15 is 0 Å². The van der Waals surface area contributed by atoms with Crippen LogP contribution in [0.4, 0.5) is 0 Å². The molecule has 47 valence electrons. The Labute approximate surface area is 66.0 Å². The predicted molar refractivity (Wildman–Crippen MR) is 33.2 cm³/mol. The molecule has 1 fully saturated rings. The Morgan fingerprint density at radius 3 is 2.00 bits per heavy atom. The molecule has 0 aromatic heterocycles. The maximum Gasteiger partial charge on any atom is 0.00466 e. The zero-order valence-corrected chi connectivity index (χ0v) is 6.84. The van der Waals surface area contributed by atoms with Gasteiger partial charge < -0.3 is 10.9 Å². The summed E-state index contributed by atoms with van der Waals surface area (Å²) in [6.07, 6.45) is 0. The topological polar surface area (TPSA) is 27.0 Å². The fraction of sp³-hybridized carbons (Fsp3) is 1.00. The third kappa shape index (κ3) is 3.00. The van der Waals surface area contributed by atoms with Gasteiger partial charge in [0.15, 0.2) is 0 Å². The van der Waals surface area contributed by atoms with Gasteiger partial charge in [0.05, 0.1) is 0 Å². The van der Waals surface area contributed by atoms with Crippen LogP contribution in [0.5, 0.6) is 0 Å². The van der Waals surface area contributed by atoms with Crippen LogP contribution >= 0.6 is 11.8 Å². The van der Waals surface area contributed by atoms with Crippen molar-refractivity contribution in [3.63, 3.8) is 0 Å². The predicted octanol–water partition coefficient (Wildman–Crippen LogP) is 1.000. The van der Waals surface area contributed by atoms with Crippen molar-refractivity contribution in [2.75, 3.05) is 24.6 Å². The molecule has 4 heteroatoms. The fourth-order valence-electron chi connectivity index (χ4n) is 0.563. The van der Waals surface area contributed by atoms with Gasteiger partial charge in [-0.3, -0.25) is 0 Å². The van der Waals surface area contributed by atoms with Gasteiger partial charge in [0.25, 0.3) is 0 Å². The molecule has 1 aliphatic rings. The third-order valence-electron chi connectivity index (χ3n) is 1.01. The van der Waals surface area contributed by atoms with Crippen molar-refractivity contribution >= 4 is 11.8 Å². The number of rotatable bonds is 0. The third-order valence-corrected chi connectivity index (χ3v) is 1.95. The molecule has 0 aromatic carbocycles. The van der Waals surface area contributed by atoms with Gasteiger partial charge in [-0.15, -0.1) is 0 Å². The monoisotopic (exact) mass is 168 g/mol. The van der Waals surface area contributed by atoms with Crippen molar-refractivity contribution in [1.82, 2.24) is 5.01 Å². The molecular weight excluding hydrogens is 159 g/mol. The molecule has 1 radical (unpaired) electrons.